The second-order valence-electron chi connectivity index (χ2n) is 11.8. The average Bonchev–Trinajstić information content (AvgIpc) is 3.27. The number of nitrogens with zero attached hydrogens (tertiary/aromatic N) is 2. The molecular formula is C32H41BrN4O4. The van der Waals surface area contributed by atoms with E-state index in [1.807, 2.05) is 62.1 Å². The molecule has 0 bridgehead atoms. The number of likely N-dealkylation sites (tertiary alicyclic amines) is 1. The largest absolute Gasteiger partial charge is 0.444 e. The Kier molecular flexibility index (Phi) is 10.1. The van der Waals surface area contributed by atoms with Crippen LogP contribution >= 0.6 is 15.9 Å². The number of aromatic nitrogens is 1. The first-order valence-electron chi connectivity index (χ1n) is 14.3. The lowest BCUT2D eigenvalue weighted by Gasteiger charge is -2.34. The van der Waals surface area contributed by atoms with Crippen molar-refractivity contribution in [2.75, 3.05) is 19.6 Å². The van der Waals surface area contributed by atoms with Crippen molar-refractivity contribution in [3.63, 3.8) is 0 Å². The number of piperidine rings is 1. The molecule has 0 radical (unpaired) electrons. The summed E-state index contributed by atoms with van der Waals surface area (Å²) < 4.78 is 8.76. The molecule has 1 aromatic heterocycles. The van der Waals surface area contributed by atoms with Gasteiger partial charge in [-0.15, -0.1) is 0 Å². The number of carbonyl (C=O) groups excluding carboxylic acids is 3. The number of ether oxygens (including phenoxy) is 1. The lowest BCUT2D eigenvalue weighted by atomic mass is 9.93. The minimum Gasteiger partial charge on any atom is -0.444 e. The number of benzene rings is 2. The molecule has 0 aliphatic carbocycles. The van der Waals surface area contributed by atoms with Crippen LogP contribution in [0.1, 0.15) is 64.1 Å². The van der Waals surface area contributed by atoms with Gasteiger partial charge in [0, 0.05) is 67.2 Å². The van der Waals surface area contributed by atoms with Crippen molar-refractivity contribution in [2.24, 2.45) is 0 Å². The molecule has 4 rings (SSSR count). The van der Waals surface area contributed by atoms with E-state index in [2.05, 4.69) is 49.3 Å². The van der Waals surface area contributed by atoms with Gasteiger partial charge in [0.2, 0.25) is 11.8 Å². The van der Waals surface area contributed by atoms with E-state index in [1.165, 1.54) is 12.6 Å². The van der Waals surface area contributed by atoms with Gasteiger partial charge < -0.3 is 24.8 Å². The second kappa shape index (κ2) is 13.6. The van der Waals surface area contributed by atoms with E-state index in [4.69, 9.17) is 4.74 Å². The van der Waals surface area contributed by atoms with Crippen molar-refractivity contribution in [1.29, 1.82) is 0 Å². The minimum absolute atomic E-state index is 0.0220. The van der Waals surface area contributed by atoms with E-state index in [9.17, 15) is 14.4 Å². The summed E-state index contributed by atoms with van der Waals surface area (Å²) in [7, 11) is 0. The normalized spacial score (nSPS) is 16.3. The minimum atomic E-state index is -0.630. The molecule has 1 unspecified atom stereocenters. The topological polar surface area (TPSA) is 92.7 Å². The Morgan fingerprint density at radius 2 is 1.83 bits per heavy atom. The molecule has 3 aromatic rings. The van der Waals surface area contributed by atoms with E-state index in [0.29, 0.717) is 32.6 Å². The van der Waals surface area contributed by atoms with Crippen molar-refractivity contribution in [3.8, 4) is 0 Å². The van der Waals surface area contributed by atoms with Gasteiger partial charge in [-0.05, 0) is 75.2 Å². The third-order valence-electron chi connectivity index (χ3n) is 7.28. The predicted octanol–water partition coefficient (Wildman–Crippen LogP) is 5.77. The van der Waals surface area contributed by atoms with Crippen molar-refractivity contribution < 1.29 is 19.1 Å². The fraction of sp³-hybridized carbons (Fsp3) is 0.469. The smallest absolute Gasteiger partial charge is 0.407 e. The number of carbonyl (C=O) groups is 3. The first-order valence-corrected chi connectivity index (χ1v) is 15.1. The summed E-state index contributed by atoms with van der Waals surface area (Å²) in [6, 6.07) is 18.0. The molecule has 1 fully saturated rings. The van der Waals surface area contributed by atoms with Crippen LogP contribution in [0.2, 0.25) is 0 Å². The maximum absolute atomic E-state index is 13.7. The van der Waals surface area contributed by atoms with Gasteiger partial charge in [-0.1, -0.05) is 46.3 Å². The van der Waals surface area contributed by atoms with Crippen molar-refractivity contribution in [2.45, 2.75) is 77.5 Å². The molecule has 8 nitrogen and oxygen atoms in total. The van der Waals surface area contributed by atoms with Gasteiger partial charge in [-0.25, -0.2) is 4.79 Å². The molecule has 1 aliphatic rings. The molecule has 2 heterocycles. The Hall–Kier alpha value is -3.33. The lowest BCUT2D eigenvalue weighted by molar-refractivity contribution is -0.133. The first-order chi connectivity index (χ1) is 19.5. The summed E-state index contributed by atoms with van der Waals surface area (Å²) in [4.78, 5) is 39.8. The third kappa shape index (κ3) is 8.83. The molecule has 41 heavy (non-hydrogen) atoms. The summed E-state index contributed by atoms with van der Waals surface area (Å²) in [6.07, 6.45) is 2.08. The van der Waals surface area contributed by atoms with Gasteiger partial charge in [0.15, 0.2) is 0 Å². The van der Waals surface area contributed by atoms with Gasteiger partial charge in [0.05, 0.1) is 0 Å². The van der Waals surface area contributed by atoms with E-state index in [-0.39, 0.29) is 24.2 Å². The highest BCUT2D eigenvalue weighted by Gasteiger charge is 2.30. The van der Waals surface area contributed by atoms with Crippen LogP contribution in [0.5, 0.6) is 0 Å². The maximum Gasteiger partial charge on any atom is 0.407 e. The van der Waals surface area contributed by atoms with Crippen LogP contribution in [-0.2, 0) is 27.3 Å². The number of halogens is 1. The monoisotopic (exact) mass is 624 g/mol. The zero-order valence-corrected chi connectivity index (χ0v) is 26.0. The van der Waals surface area contributed by atoms with E-state index in [0.717, 1.165) is 33.8 Å². The number of hydrogen-bond acceptors (Lipinski definition) is 4. The quantitative estimate of drug-likeness (QED) is 0.316. The third-order valence-corrected chi connectivity index (χ3v) is 7.81. The van der Waals surface area contributed by atoms with Crippen molar-refractivity contribution >= 4 is 44.7 Å². The molecule has 2 atom stereocenters. The van der Waals surface area contributed by atoms with Crippen molar-refractivity contribution in [3.05, 3.63) is 70.3 Å². The molecule has 220 valence electrons. The van der Waals surface area contributed by atoms with Crippen LogP contribution in [0.4, 0.5) is 4.79 Å². The Morgan fingerprint density at radius 1 is 1.10 bits per heavy atom. The predicted molar refractivity (Wildman–Crippen MR) is 165 cm³/mol. The molecular weight excluding hydrogens is 584 g/mol. The molecule has 0 spiro atoms. The number of para-hydroxylation sites is 1. The maximum atomic E-state index is 13.7. The van der Waals surface area contributed by atoms with Crippen molar-refractivity contribution in [1.82, 2.24) is 20.1 Å². The Balaban J connectivity index is 1.49. The van der Waals surface area contributed by atoms with Gasteiger partial charge in [0.25, 0.3) is 0 Å². The SMILES string of the molecule is CC(=O)NCCn1c(C2CCCN(C(=O)C[C@@H](Cc3ccc(Br)cc3)NC(=O)OC(C)(C)C)C2)cc2ccccc21. The van der Waals surface area contributed by atoms with Crippen LogP contribution < -0.4 is 10.6 Å². The van der Waals surface area contributed by atoms with E-state index >= 15 is 0 Å². The highest BCUT2D eigenvalue weighted by atomic mass is 79.9. The number of fused-ring (bicyclic) bond motifs is 1. The van der Waals surface area contributed by atoms with Gasteiger partial charge in [-0.3, -0.25) is 9.59 Å². The zero-order valence-electron chi connectivity index (χ0n) is 24.4. The fourth-order valence-electron chi connectivity index (χ4n) is 5.50. The number of amides is 3. The molecule has 9 heteroatoms. The van der Waals surface area contributed by atoms with Gasteiger partial charge in [-0.2, -0.15) is 0 Å². The van der Waals surface area contributed by atoms with E-state index < -0.39 is 17.7 Å². The van der Waals surface area contributed by atoms with Crippen LogP contribution in [0.3, 0.4) is 0 Å². The molecule has 0 saturated carbocycles. The van der Waals surface area contributed by atoms with Crippen LogP contribution in [0.15, 0.2) is 59.1 Å². The molecule has 2 aromatic carbocycles. The summed E-state index contributed by atoms with van der Waals surface area (Å²) in [5, 5.41) is 7.02. The summed E-state index contributed by atoms with van der Waals surface area (Å²) >= 11 is 3.47. The highest BCUT2D eigenvalue weighted by Crippen LogP contribution is 2.32. The van der Waals surface area contributed by atoms with Crippen LogP contribution in [-0.4, -0.2) is 58.7 Å². The fourth-order valence-corrected chi connectivity index (χ4v) is 5.77. The number of rotatable bonds is 9. The van der Waals surface area contributed by atoms with Gasteiger partial charge >= 0.3 is 6.09 Å². The average molecular weight is 626 g/mol. The second-order valence-corrected chi connectivity index (χ2v) is 12.7. The Bertz CT molecular complexity index is 1360. The summed E-state index contributed by atoms with van der Waals surface area (Å²) in [5.74, 6) is 0.157. The highest BCUT2D eigenvalue weighted by molar-refractivity contribution is 9.10. The van der Waals surface area contributed by atoms with Crippen LogP contribution in [0, 0.1) is 0 Å². The van der Waals surface area contributed by atoms with Crippen LogP contribution in [0.25, 0.3) is 10.9 Å². The molecule has 2 N–H and O–H groups in total. The Labute approximate surface area is 250 Å². The zero-order chi connectivity index (χ0) is 29.6. The molecule has 1 saturated heterocycles. The number of alkyl carbamates (subject to hydrolysis) is 1. The summed E-state index contributed by atoms with van der Waals surface area (Å²) in [5.41, 5.74) is 2.72. The summed E-state index contributed by atoms with van der Waals surface area (Å²) in [6.45, 7) is 9.53. The lowest BCUT2D eigenvalue weighted by Crippen LogP contribution is -2.46. The van der Waals surface area contributed by atoms with E-state index in [1.54, 1.807) is 0 Å². The van der Waals surface area contributed by atoms with Gasteiger partial charge in [0.1, 0.15) is 5.60 Å². The first kappa shape index (κ1) is 30.6. The number of nitrogens with one attached hydrogen (secondary N) is 2. The number of hydrogen-bond donors (Lipinski definition) is 2. The molecule has 3 amide bonds. The molecule has 1 aliphatic heterocycles. The Morgan fingerprint density at radius 3 is 2.54 bits per heavy atom. The standard InChI is InChI=1S/C32H41BrN4O4/c1-22(38)34-15-17-37-28-10-6-5-8-24(28)19-29(37)25-9-7-16-36(21-25)30(39)20-27(35-31(40)41-32(2,3)4)18-23-11-13-26(33)14-12-23/h5-6,8,10-14,19,25,27H,7,9,15-18,20-21H2,1-4H3,(H,34,38)(H,35,40)/t25?,27-/m1/s1.